The van der Waals surface area contributed by atoms with E-state index in [2.05, 4.69) is 25.7 Å². The summed E-state index contributed by atoms with van der Waals surface area (Å²) in [7, 11) is 0. The third kappa shape index (κ3) is 3.21. The molecular weight excluding hydrogens is 270 g/mol. The average molecular weight is 276 g/mol. The number of nitrogens with zero attached hydrogens (tertiary/aromatic N) is 1. The molecule has 0 bridgehead atoms. The highest BCUT2D eigenvalue weighted by molar-refractivity contribution is 9.10. The number of nitro benzene ring substituents is 1. The van der Waals surface area contributed by atoms with Crippen LogP contribution < -0.4 is 4.89 Å². The molecule has 0 aromatic heterocycles. The normalized spacial score (nSPS) is 9.47. The molecule has 15 heavy (non-hydrogen) atoms. The van der Waals surface area contributed by atoms with Crippen molar-refractivity contribution in [2.24, 2.45) is 0 Å². The first-order valence-electron chi connectivity index (χ1n) is 3.79. The second kappa shape index (κ2) is 4.74. The van der Waals surface area contributed by atoms with E-state index < -0.39 is 10.9 Å². The lowest BCUT2D eigenvalue weighted by molar-refractivity contribution is -0.388. The molecule has 0 heterocycles. The zero-order valence-corrected chi connectivity index (χ0v) is 9.18. The third-order valence-electron chi connectivity index (χ3n) is 1.37. The van der Waals surface area contributed by atoms with Gasteiger partial charge in [-0.05, 0) is 12.1 Å². The number of nitro groups is 1. The summed E-state index contributed by atoms with van der Waals surface area (Å²) in [6.45, 7) is 1.13. The molecule has 1 aromatic rings. The van der Waals surface area contributed by atoms with Crippen LogP contribution in [0.2, 0.25) is 0 Å². The van der Waals surface area contributed by atoms with Crippen LogP contribution in [-0.2, 0) is 9.68 Å². The Balaban J connectivity index is 2.95. The molecule has 7 heteroatoms. The van der Waals surface area contributed by atoms with Gasteiger partial charge in [0.25, 0.3) is 5.75 Å². The van der Waals surface area contributed by atoms with E-state index in [1.54, 1.807) is 0 Å². The second-order valence-electron chi connectivity index (χ2n) is 2.53. The van der Waals surface area contributed by atoms with Gasteiger partial charge in [-0.1, -0.05) is 15.9 Å². The number of hydrogen-bond acceptors (Lipinski definition) is 5. The van der Waals surface area contributed by atoms with Crippen LogP contribution in [0.4, 0.5) is 5.69 Å². The van der Waals surface area contributed by atoms with Gasteiger partial charge in [0.2, 0.25) is 0 Å². The van der Waals surface area contributed by atoms with Crippen LogP contribution in [0.5, 0.6) is 5.75 Å². The standard InChI is InChI=1S/C8H6BrNO5/c1-5(11)14-15-8-3-2-6(9)4-7(8)10(12)13/h2-4H,1H3. The van der Waals surface area contributed by atoms with Crippen LogP contribution in [0.1, 0.15) is 6.92 Å². The van der Waals surface area contributed by atoms with Crippen LogP contribution in [0.15, 0.2) is 22.7 Å². The lowest BCUT2D eigenvalue weighted by atomic mass is 10.3. The van der Waals surface area contributed by atoms with E-state index in [9.17, 15) is 14.9 Å². The summed E-state index contributed by atoms with van der Waals surface area (Å²) in [5.41, 5.74) is -0.286. The number of carbonyl (C=O) groups excluding carboxylic acids is 1. The number of hydrogen-bond donors (Lipinski definition) is 0. The molecule has 0 spiro atoms. The van der Waals surface area contributed by atoms with Crippen LogP contribution in [0.25, 0.3) is 0 Å². The first kappa shape index (κ1) is 11.4. The van der Waals surface area contributed by atoms with E-state index >= 15 is 0 Å². The zero-order chi connectivity index (χ0) is 11.4. The molecule has 0 fully saturated rings. The van der Waals surface area contributed by atoms with Gasteiger partial charge in [0.1, 0.15) is 0 Å². The highest BCUT2D eigenvalue weighted by Crippen LogP contribution is 2.30. The molecule has 0 unspecified atom stereocenters. The Bertz CT molecular complexity index is 406. The van der Waals surface area contributed by atoms with Gasteiger partial charge in [0, 0.05) is 17.5 Å². The highest BCUT2D eigenvalue weighted by Gasteiger charge is 2.17. The fourth-order valence-electron chi connectivity index (χ4n) is 0.807. The summed E-state index contributed by atoms with van der Waals surface area (Å²) >= 11 is 3.08. The van der Waals surface area contributed by atoms with Crippen molar-refractivity contribution < 1.29 is 19.5 Å². The molecule has 0 amide bonds. The maximum atomic E-state index is 10.6. The van der Waals surface area contributed by atoms with Gasteiger partial charge in [0.15, 0.2) is 0 Å². The number of carbonyl (C=O) groups is 1. The average Bonchev–Trinajstić information content (AvgIpc) is 2.15. The maximum absolute atomic E-state index is 10.6. The molecule has 0 atom stereocenters. The zero-order valence-electron chi connectivity index (χ0n) is 7.60. The summed E-state index contributed by atoms with van der Waals surface area (Å²) in [6.07, 6.45) is 0. The lowest BCUT2D eigenvalue weighted by Gasteiger charge is -2.02. The van der Waals surface area contributed by atoms with Gasteiger partial charge in [-0.25, -0.2) is 4.79 Å². The van der Waals surface area contributed by atoms with Gasteiger partial charge in [-0.3, -0.25) is 19.9 Å². The molecular formula is C8H6BrNO5. The van der Waals surface area contributed by atoms with Crippen molar-refractivity contribution in [1.29, 1.82) is 0 Å². The summed E-state index contributed by atoms with van der Waals surface area (Å²) in [5, 5.41) is 10.6. The molecule has 1 rings (SSSR count). The van der Waals surface area contributed by atoms with Crippen molar-refractivity contribution in [3.8, 4) is 5.75 Å². The van der Waals surface area contributed by atoms with Crippen molar-refractivity contribution >= 4 is 27.6 Å². The fraction of sp³-hybridized carbons (Fsp3) is 0.125. The van der Waals surface area contributed by atoms with E-state index in [0.29, 0.717) is 4.47 Å². The van der Waals surface area contributed by atoms with Crippen molar-refractivity contribution in [3.63, 3.8) is 0 Å². The first-order chi connectivity index (χ1) is 7.00. The van der Waals surface area contributed by atoms with Gasteiger partial charge in [0.05, 0.1) is 4.92 Å². The van der Waals surface area contributed by atoms with E-state index in [1.165, 1.54) is 18.2 Å². The lowest BCUT2D eigenvalue weighted by Crippen LogP contribution is -2.04. The molecule has 0 aliphatic rings. The van der Waals surface area contributed by atoms with E-state index in [-0.39, 0.29) is 11.4 Å². The molecule has 80 valence electrons. The topological polar surface area (TPSA) is 78.7 Å². The quantitative estimate of drug-likeness (QED) is 0.480. The molecule has 6 nitrogen and oxygen atoms in total. The van der Waals surface area contributed by atoms with Crippen molar-refractivity contribution in [3.05, 3.63) is 32.8 Å². The summed E-state index contributed by atoms with van der Waals surface area (Å²) in [4.78, 5) is 29.1. The molecule has 0 radical (unpaired) electrons. The molecule has 1 aromatic carbocycles. The number of halogens is 1. The first-order valence-corrected chi connectivity index (χ1v) is 4.59. The van der Waals surface area contributed by atoms with E-state index in [4.69, 9.17) is 0 Å². The SMILES string of the molecule is CC(=O)OOc1ccc(Br)cc1[N+](=O)[O-]. The van der Waals surface area contributed by atoms with Crippen LogP contribution in [0.3, 0.4) is 0 Å². The fourth-order valence-corrected chi connectivity index (χ4v) is 1.16. The van der Waals surface area contributed by atoms with E-state index in [1.807, 2.05) is 0 Å². The van der Waals surface area contributed by atoms with Crippen LogP contribution in [-0.4, -0.2) is 10.9 Å². The Hall–Kier alpha value is -1.63. The number of benzene rings is 1. The Kier molecular flexibility index (Phi) is 3.62. The minimum absolute atomic E-state index is 0.126. The third-order valence-corrected chi connectivity index (χ3v) is 1.86. The molecule has 0 N–H and O–H groups in total. The minimum Gasteiger partial charge on any atom is -0.280 e. The van der Waals surface area contributed by atoms with Gasteiger partial charge < -0.3 is 0 Å². The molecule has 0 saturated carbocycles. The summed E-state index contributed by atoms with van der Waals surface area (Å²) in [6, 6.07) is 4.11. The second-order valence-corrected chi connectivity index (χ2v) is 3.44. The van der Waals surface area contributed by atoms with Gasteiger partial charge >= 0.3 is 11.7 Å². The predicted molar refractivity (Wildman–Crippen MR) is 53.2 cm³/mol. The smallest absolute Gasteiger partial charge is 0.280 e. The maximum Gasteiger partial charge on any atom is 0.352 e. The molecule has 0 aliphatic heterocycles. The van der Waals surface area contributed by atoms with Crippen molar-refractivity contribution in [1.82, 2.24) is 0 Å². The summed E-state index contributed by atoms with van der Waals surface area (Å²) < 4.78 is 0.532. The van der Waals surface area contributed by atoms with E-state index in [0.717, 1.165) is 6.92 Å². The highest BCUT2D eigenvalue weighted by atomic mass is 79.9. The Morgan fingerprint density at radius 1 is 1.53 bits per heavy atom. The Morgan fingerprint density at radius 2 is 2.20 bits per heavy atom. The van der Waals surface area contributed by atoms with Gasteiger partial charge in [-0.2, -0.15) is 0 Å². The van der Waals surface area contributed by atoms with Crippen molar-refractivity contribution in [2.45, 2.75) is 6.92 Å². The number of rotatable bonds is 3. The van der Waals surface area contributed by atoms with Crippen molar-refractivity contribution in [2.75, 3.05) is 0 Å². The largest absolute Gasteiger partial charge is 0.352 e. The van der Waals surface area contributed by atoms with Crippen LogP contribution >= 0.6 is 15.9 Å². The van der Waals surface area contributed by atoms with Crippen LogP contribution in [0, 0.1) is 10.1 Å². The van der Waals surface area contributed by atoms with Gasteiger partial charge in [-0.15, -0.1) is 0 Å². The predicted octanol–water partition coefficient (Wildman–Crippen LogP) is 2.21. The Morgan fingerprint density at radius 3 is 2.73 bits per heavy atom. The molecule has 0 saturated heterocycles. The minimum atomic E-state index is -0.688. The summed E-state index contributed by atoms with van der Waals surface area (Å²) in [5.74, 6) is -0.814. The Labute approximate surface area is 93.0 Å². The monoisotopic (exact) mass is 275 g/mol. The molecule has 0 aliphatic carbocycles.